The molecule has 1 aliphatic carbocycles. The Morgan fingerprint density at radius 3 is 2.68 bits per heavy atom. The van der Waals surface area contributed by atoms with Crippen molar-refractivity contribution in [3.8, 4) is 0 Å². The first-order valence-electron chi connectivity index (χ1n) is 8.39. The zero-order valence-corrected chi connectivity index (χ0v) is 12.7. The summed E-state index contributed by atoms with van der Waals surface area (Å²) in [5.74, 6) is 0.769. The van der Waals surface area contributed by atoms with Crippen LogP contribution in [-0.4, -0.2) is 43.3 Å². The van der Waals surface area contributed by atoms with E-state index in [0.717, 1.165) is 32.0 Å². The molecule has 1 saturated carbocycles. The van der Waals surface area contributed by atoms with Gasteiger partial charge in [-0.05, 0) is 44.6 Å². The predicted octanol–water partition coefficient (Wildman–Crippen LogP) is 2.79. The lowest BCUT2D eigenvalue weighted by molar-refractivity contribution is -0.00322. The predicted molar refractivity (Wildman–Crippen MR) is 80.3 cm³/mol. The molecule has 2 aliphatic rings. The molecule has 2 fully saturated rings. The van der Waals surface area contributed by atoms with Gasteiger partial charge in [0.2, 0.25) is 0 Å². The van der Waals surface area contributed by atoms with Gasteiger partial charge in [0.25, 0.3) is 0 Å². The number of hydrogen-bond donors (Lipinski definition) is 1. The number of nitrogens with zero attached hydrogens (tertiary/aromatic N) is 1. The standard InChI is InChI=1S/C16H32N2O/c1-2-11-19-15-9-6-10-18(12-15)13-16(17)14-7-4-3-5-8-14/h14-16H,2-13,17H2,1H3. The maximum atomic E-state index is 6.44. The van der Waals surface area contributed by atoms with Crippen molar-refractivity contribution >= 4 is 0 Å². The van der Waals surface area contributed by atoms with Crippen LogP contribution in [0.1, 0.15) is 58.3 Å². The summed E-state index contributed by atoms with van der Waals surface area (Å²) >= 11 is 0. The van der Waals surface area contributed by atoms with Gasteiger partial charge in [-0.2, -0.15) is 0 Å². The highest BCUT2D eigenvalue weighted by atomic mass is 16.5. The van der Waals surface area contributed by atoms with Gasteiger partial charge < -0.3 is 10.5 Å². The third-order valence-corrected chi connectivity index (χ3v) is 4.74. The van der Waals surface area contributed by atoms with Crippen LogP contribution >= 0.6 is 0 Å². The molecule has 0 bridgehead atoms. The monoisotopic (exact) mass is 268 g/mol. The third-order valence-electron chi connectivity index (χ3n) is 4.74. The van der Waals surface area contributed by atoms with Crippen molar-refractivity contribution in [3.05, 3.63) is 0 Å². The summed E-state index contributed by atoms with van der Waals surface area (Å²) in [6.07, 6.45) is 11.0. The van der Waals surface area contributed by atoms with Crippen LogP contribution in [0.15, 0.2) is 0 Å². The van der Waals surface area contributed by atoms with Crippen LogP contribution in [-0.2, 0) is 4.74 Å². The molecule has 2 atom stereocenters. The van der Waals surface area contributed by atoms with Gasteiger partial charge in [-0.25, -0.2) is 0 Å². The Labute approximate surface area is 118 Å². The first-order chi connectivity index (χ1) is 9.29. The Hall–Kier alpha value is -0.120. The maximum absolute atomic E-state index is 6.44. The van der Waals surface area contributed by atoms with E-state index < -0.39 is 0 Å². The zero-order chi connectivity index (χ0) is 13.5. The van der Waals surface area contributed by atoms with Crippen molar-refractivity contribution in [2.75, 3.05) is 26.2 Å². The molecule has 2 unspecified atom stereocenters. The molecule has 0 spiro atoms. The van der Waals surface area contributed by atoms with E-state index in [1.165, 1.54) is 51.5 Å². The van der Waals surface area contributed by atoms with Gasteiger partial charge in [-0.15, -0.1) is 0 Å². The Kier molecular flexibility index (Phi) is 6.62. The molecular weight excluding hydrogens is 236 g/mol. The second-order valence-electron chi connectivity index (χ2n) is 6.46. The minimum absolute atomic E-state index is 0.380. The lowest BCUT2D eigenvalue weighted by atomic mass is 9.84. The van der Waals surface area contributed by atoms with Gasteiger partial charge in [0.15, 0.2) is 0 Å². The molecule has 112 valence electrons. The second kappa shape index (κ2) is 8.23. The molecule has 2 rings (SSSR count). The number of likely N-dealkylation sites (tertiary alicyclic amines) is 1. The van der Waals surface area contributed by atoms with Gasteiger partial charge >= 0.3 is 0 Å². The van der Waals surface area contributed by atoms with Crippen molar-refractivity contribution in [3.63, 3.8) is 0 Å². The Morgan fingerprint density at radius 1 is 1.16 bits per heavy atom. The highest BCUT2D eigenvalue weighted by molar-refractivity contribution is 4.82. The number of hydrogen-bond acceptors (Lipinski definition) is 3. The molecule has 0 aromatic heterocycles. The SMILES string of the molecule is CCCOC1CCCN(CC(N)C2CCCCC2)C1. The summed E-state index contributed by atoms with van der Waals surface area (Å²) in [5, 5.41) is 0. The van der Waals surface area contributed by atoms with Crippen molar-refractivity contribution in [2.24, 2.45) is 11.7 Å². The molecule has 0 radical (unpaired) electrons. The van der Waals surface area contributed by atoms with E-state index in [1.54, 1.807) is 0 Å². The number of rotatable bonds is 6. The van der Waals surface area contributed by atoms with Crippen LogP contribution < -0.4 is 5.73 Å². The molecule has 1 saturated heterocycles. The first kappa shape index (κ1) is 15.3. The van der Waals surface area contributed by atoms with E-state index >= 15 is 0 Å². The van der Waals surface area contributed by atoms with Crippen LogP contribution in [0.2, 0.25) is 0 Å². The zero-order valence-electron chi connectivity index (χ0n) is 12.7. The van der Waals surface area contributed by atoms with E-state index in [4.69, 9.17) is 10.5 Å². The van der Waals surface area contributed by atoms with E-state index in [1.807, 2.05) is 0 Å². The number of piperidine rings is 1. The lowest BCUT2D eigenvalue weighted by Crippen LogP contribution is -2.48. The highest BCUT2D eigenvalue weighted by Gasteiger charge is 2.25. The summed E-state index contributed by atoms with van der Waals surface area (Å²) in [6.45, 7) is 6.48. The third kappa shape index (κ3) is 5.05. The van der Waals surface area contributed by atoms with Crippen LogP contribution in [0, 0.1) is 5.92 Å². The van der Waals surface area contributed by atoms with Crippen LogP contribution in [0.4, 0.5) is 0 Å². The lowest BCUT2D eigenvalue weighted by Gasteiger charge is -2.36. The average Bonchev–Trinajstić information content (AvgIpc) is 2.46. The molecule has 1 aliphatic heterocycles. The summed E-state index contributed by atoms with van der Waals surface area (Å²) in [4.78, 5) is 2.54. The minimum Gasteiger partial charge on any atom is -0.377 e. The highest BCUT2D eigenvalue weighted by Crippen LogP contribution is 2.26. The van der Waals surface area contributed by atoms with Crippen molar-refractivity contribution < 1.29 is 4.74 Å². The van der Waals surface area contributed by atoms with Crippen molar-refractivity contribution in [1.29, 1.82) is 0 Å². The molecule has 19 heavy (non-hydrogen) atoms. The van der Waals surface area contributed by atoms with E-state index in [-0.39, 0.29) is 0 Å². The quantitative estimate of drug-likeness (QED) is 0.805. The molecule has 0 aromatic rings. The summed E-state index contributed by atoms with van der Waals surface area (Å²) in [7, 11) is 0. The Morgan fingerprint density at radius 2 is 1.95 bits per heavy atom. The van der Waals surface area contributed by atoms with Crippen molar-refractivity contribution in [2.45, 2.75) is 70.4 Å². The van der Waals surface area contributed by atoms with E-state index in [0.29, 0.717) is 12.1 Å². The molecule has 3 nitrogen and oxygen atoms in total. The van der Waals surface area contributed by atoms with Crippen LogP contribution in [0.25, 0.3) is 0 Å². The van der Waals surface area contributed by atoms with Gasteiger partial charge in [0.05, 0.1) is 6.10 Å². The number of nitrogens with two attached hydrogens (primary N) is 1. The summed E-state index contributed by atoms with van der Waals surface area (Å²) < 4.78 is 5.91. The molecule has 0 amide bonds. The van der Waals surface area contributed by atoms with Gasteiger partial charge in [0.1, 0.15) is 0 Å². The normalized spacial score (nSPS) is 28.4. The van der Waals surface area contributed by atoms with Crippen LogP contribution in [0.5, 0.6) is 0 Å². The van der Waals surface area contributed by atoms with E-state index in [9.17, 15) is 0 Å². The van der Waals surface area contributed by atoms with Gasteiger partial charge in [0, 0.05) is 25.7 Å². The molecular formula is C16H32N2O. The first-order valence-corrected chi connectivity index (χ1v) is 8.39. The minimum atomic E-state index is 0.380. The molecule has 1 heterocycles. The molecule has 2 N–H and O–H groups in total. The number of ether oxygens (including phenoxy) is 1. The Bertz CT molecular complexity index is 241. The fourth-order valence-electron chi connectivity index (χ4n) is 3.61. The van der Waals surface area contributed by atoms with Gasteiger partial charge in [-0.3, -0.25) is 4.90 Å². The van der Waals surface area contributed by atoms with Crippen molar-refractivity contribution in [1.82, 2.24) is 4.90 Å². The van der Waals surface area contributed by atoms with E-state index in [2.05, 4.69) is 11.8 Å². The fourth-order valence-corrected chi connectivity index (χ4v) is 3.61. The van der Waals surface area contributed by atoms with Crippen LogP contribution in [0.3, 0.4) is 0 Å². The second-order valence-corrected chi connectivity index (χ2v) is 6.46. The molecule has 3 heteroatoms. The summed E-state index contributed by atoms with van der Waals surface area (Å²) in [5.41, 5.74) is 6.44. The largest absolute Gasteiger partial charge is 0.377 e. The molecule has 0 aromatic carbocycles. The Balaban J connectivity index is 1.71. The maximum Gasteiger partial charge on any atom is 0.0702 e. The average molecular weight is 268 g/mol. The van der Waals surface area contributed by atoms with Gasteiger partial charge in [-0.1, -0.05) is 26.2 Å². The summed E-state index contributed by atoms with van der Waals surface area (Å²) in [6, 6.07) is 0.380. The fraction of sp³-hybridized carbons (Fsp3) is 1.00. The topological polar surface area (TPSA) is 38.5 Å². The smallest absolute Gasteiger partial charge is 0.0702 e.